The lowest BCUT2D eigenvalue weighted by Crippen LogP contribution is -2.31. The van der Waals surface area contributed by atoms with Gasteiger partial charge in [0.1, 0.15) is 5.76 Å². The molecule has 0 radical (unpaired) electrons. The summed E-state index contributed by atoms with van der Waals surface area (Å²) in [5, 5.41) is 16.7. The number of thiophene rings is 1. The molecule has 9 heteroatoms. The van der Waals surface area contributed by atoms with Gasteiger partial charge in [0.05, 0.1) is 17.8 Å². The first-order chi connectivity index (χ1) is 13.5. The summed E-state index contributed by atoms with van der Waals surface area (Å²) in [5.74, 6) is 1.80. The number of carbonyl (C=O) groups excluding carboxylic acids is 1. The van der Waals surface area contributed by atoms with E-state index in [9.17, 15) is 4.79 Å². The van der Waals surface area contributed by atoms with E-state index < -0.39 is 0 Å². The van der Waals surface area contributed by atoms with Gasteiger partial charge in [-0.3, -0.25) is 9.69 Å². The van der Waals surface area contributed by atoms with Gasteiger partial charge in [-0.25, -0.2) is 0 Å². The van der Waals surface area contributed by atoms with Gasteiger partial charge in [-0.1, -0.05) is 12.1 Å². The molecule has 8 nitrogen and oxygen atoms in total. The van der Waals surface area contributed by atoms with Crippen LogP contribution in [0.5, 0.6) is 0 Å². The van der Waals surface area contributed by atoms with Crippen LogP contribution in [0.15, 0.2) is 14.3 Å². The maximum absolute atomic E-state index is 12.6. The number of hydrogen-bond acceptors (Lipinski definition) is 8. The van der Waals surface area contributed by atoms with Crippen molar-refractivity contribution in [2.45, 2.75) is 53.2 Å². The molecule has 0 spiro atoms. The molecule has 4 heterocycles. The third-order valence-corrected chi connectivity index (χ3v) is 6.06. The summed E-state index contributed by atoms with van der Waals surface area (Å²) in [7, 11) is 0. The van der Waals surface area contributed by atoms with Crippen LogP contribution < -0.4 is 5.32 Å². The molecule has 3 aromatic rings. The van der Waals surface area contributed by atoms with Crippen molar-refractivity contribution in [1.29, 1.82) is 0 Å². The van der Waals surface area contributed by atoms with E-state index in [0.717, 1.165) is 54.2 Å². The maximum Gasteiger partial charge on any atom is 0.252 e. The lowest BCUT2D eigenvalue weighted by molar-refractivity contribution is 0.0945. The van der Waals surface area contributed by atoms with Crippen LogP contribution in [0.2, 0.25) is 0 Å². The van der Waals surface area contributed by atoms with Crippen LogP contribution >= 0.6 is 11.3 Å². The fraction of sp³-hybridized carbons (Fsp3) is 0.474. The number of fused-ring (bicyclic) bond motifs is 1. The minimum Gasteiger partial charge on any atom is -0.423 e. The Morgan fingerprint density at radius 1 is 1.32 bits per heavy atom. The van der Waals surface area contributed by atoms with Crippen molar-refractivity contribution in [1.82, 2.24) is 25.6 Å². The lowest BCUT2D eigenvalue weighted by atomic mass is 10.0. The van der Waals surface area contributed by atoms with Gasteiger partial charge in [0.2, 0.25) is 11.8 Å². The van der Waals surface area contributed by atoms with Crippen molar-refractivity contribution in [2.75, 3.05) is 6.54 Å². The fourth-order valence-electron chi connectivity index (χ4n) is 3.41. The van der Waals surface area contributed by atoms with E-state index in [4.69, 9.17) is 8.94 Å². The van der Waals surface area contributed by atoms with E-state index in [2.05, 4.69) is 25.6 Å². The topological polar surface area (TPSA) is 97.3 Å². The van der Waals surface area contributed by atoms with Gasteiger partial charge in [-0.2, -0.15) is 0 Å². The number of nitrogens with zero attached hydrogens (tertiary/aromatic N) is 4. The zero-order valence-corrected chi connectivity index (χ0v) is 17.1. The van der Waals surface area contributed by atoms with E-state index in [0.29, 0.717) is 18.2 Å². The number of nitrogens with one attached hydrogen (secondary N) is 1. The Bertz CT molecular complexity index is 970. The van der Waals surface area contributed by atoms with Gasteiger partial charge in [0.15, 0.2) is 0 Å². The summed E-state index contributed by atoms with van der Waals surface area (Å²) in [4.78, 5) is 16.2. The van der Waals surface area contributed by atoms with Crippen LogP contribution in [0, 0.1) is 13.8 Å². The van der Waals surface area contributed by atoms with Gasteiger partial charge < -0.3 is 14.3 Å². The second-order valence-electron chi connectivity index (χ2n) is 6.94. The van der Waals surface area contributed by atoms with Crippen LogP contribution in [-0.4, -0.2) is 32.7 Å². The minimum atomic E-state index is -0.0899. The maximum atomic E-state index is 12.6. The highest BCUT2D eigenvalue weighted by Crippen LogP contribution is 2.30. The summed E-state index contributed by atoms with van der Waals surface area (Å²) >= 11 is 1.64. The molecule has 1 aliphatic heterocycles. The quantitative estimate of drug-likeness (QED) is 0.678. The Kier molecular flexibility index (Phi) is 5.27. The van der Waals surface area contributed by atoms with Gasteiger partial charge in [-0.15, -0.1) is 21.5 Å². The summed E-state index contributed by atoms with van der Waals surface area (Å²) in [5.41, 5.74) is 4.01. The predicted octanol–water partition coefficient (Wildman–Crippen LogP) is 2.79. The van der Waals surface area contributed by atoms with E-state index in [-0.39, 0.29) is 12.5 Å². The first-order valence-electron chi connectivity index (χ1n) is 9.38. The third kappa shape index (κ3) is 3.72. The minimum absolute atomic E-state index is 0.0899. The molecule has 0 unspecified atom stereocenters. The number of rotatable bonds is 6. The zero-order valence-electron chi connectivity index (χ0n) is 16.2. The number of carbonyl (C=O) groups is 1. The van der Waals surface area contributed by atoms with Gasteiger partial charge in [0.25, 0.3) is 5.91 Å². The molecule has 0 atom stereocenters. The molecule has 1 amide bonds. The van der Waals surface area contributed by atoms with Crippen molar-refractivity contribution < 1.29 is 13.7 Å². The van der Waals surface area contributed by atoms with E-state index in [1.807, 2.05) is 26.2 Å². The average Bonchev–Trinajstić information content (AvgIpc) is 3.41. The van der Waals surface area contributed by atoms with E-state index >= 15 is 0 Å². The number of aryl methyl sites for hydroxylation is 3. The first kappa shape index (κ1) is 18.8. The molecule has 0 aromatic carbocycles. The molecular formula is C19H23N5O3S. The normalized spacial score (nSPS) is 14.2. The smallest absolute Gasteiger partial charge is 0.252 e. The average molecular weight is 401 g/mol. The molecular weight excluding hydrogens is 378 g/mol. The molecule has 1 aliphatic rings. The monoisotopic (exact) mass is 401 g/mol. The van der Waals surface area contributed by atoms with Crippen LogP contribution in [0.1, 0.15) is 56.5 Å². The molecule has 1 N–H and O–H groups in total. The van der Waals surface area contributed by atoms with Crippen LogP contribution in [-0.2, 0) is 32.5 Å². The standard InChI is InChI=1S/C19H23N5O3S/c1-4-17-21-22-18(26-17)7-20-19(25)15-10-28-16-9-24(6-5-13(15)16)8-14-11(2)23-27-12(14)3/h10H,4-9H2,1-3H3,(H,20,25). The summed E-state index contributed by atoms with van der Waals surface area (Å²) in [6.45, 7) is 8.67. The number of hydrogen-bond donors (Lipinski definition) is 1. The predicted molar refractivity (Wildman–Crippen MR) is 103 cm³/mol. The van der Waals surface area contributed by atoms with Crippen molar-refractivity contribution in [3.8, 4) is 0 Å². The molecule has 4 rings (SSSR count). The zero-order chi connectivity index (χ0) is 19.7. The Morgan fingerprint density at radius 2 is 2.14 bits per heavy atom. The van der Waals surface area contributed by atoms with Gasteiger partial charge in [0, 0.05) is 41.9 Å². The number of amides is 1. The molecule has 148 valence electrons. The molecule has 3 aromatic heterocycles. The molecule has 0 bridgehead atoms. The highest BCUT2D eigenvalue weighted by Gasteiger charge is 2.25. The summed E-state index contributed by atoms with van der Waals surface area (Å²) in [6.07, 6.45) is 1.54. The summed E-state index contributed by atoms with van der Waals surface area (Å²) < 4.78 is 10.7. The van der Waals surface area contributed by atoms with Crippen LogP contribution in [0.4, 0.5) is 0 Å². The lowest BCUT2D eigenvalue weighted by Gasteiger charge is -2.27. The molecule has 28 heavy (non-hydrogen) atoms. The highest BCUT2D eigenvalue weighted by atomic mass is 32.1. The molecule has 0 fully saturated rings. The van der Waals surface area contributed by atoms with Crippen molar-refractivity contribution in [3.63, 3.8) is 0 Å². The largest absolute Gasteiger partial charge is 0.423 e. The fourth-order valence-corrected chi connectivity index (χ4v) is 4.53. The Balaban J connectivity index is 1.39. The molecule has 0 aliphatic carbocycles. The second kappa shape index (κ2) is 7.84. The van der Waals surface area contributed by atoms with Crippen molar-refractivity contribution >= 4 is 17.2 Å². The Labute approximate surface area is 166 Å². The van der Waals surface area contributed by atoms with Crippen molar-refractivity contribution in [3.05, 3.63) is 50.2 Å². The van der Waals surface area contributed by atoms with E-state index in [1.165, 1.54) is 4.88 Å². The van der Waals surface area contributed by atoms with E-state index in [1.54, 1.807) is 11.3 Å². The van der Waals surface area contributed by atoms with Gasteiger partial charge in [-0.05, 0) is 25.8 Å². The van der Waals surface area contributed by atoms with Gasteiger partial charge >= 0.3 is 0 Å². The SMILES string of the molecule is CCc1nnc(CNC(=O)c2csc3c2CCN(Cc2c(C)noc2C)C3)o1. The van der Waals surface area contributed by atoms with Crippen LogP contribution in [0.3, 0.4) is 0 Å². The molecule has 0 saturated carbocycles. The first-order valence-corrected chi connectivity index (χ1v) is 10.3. The summed E-state index contributed by atoms with van der Waals surface area (Å²) in [6, 6.07) is 0. The number of aromatic nitrogens is 3. The second-order valence-corrected chi connectivity index (χ2v) is 7.90. The van der Waals surface area contributed by atoms with Crippen molar-refractivity contribution in [2.24, 2.45) is 0 Å². The molecule has 0 saturated heterocycles. The third-order valence-electron chi connectivity index (χ3n) is 5.04. The Morgan fingerprint density at radius 3 is 2.86 bits per heavy atom. The highest BCUT2D eigenvalue weighted by molar-refractivity contribution is 7.10. The van der Waals surface area contributed by atoms with Crippen LogP contribution in [0.25, 0.3) is 0 Å². The Hall–Kier alpha value is -2.52.